The van der Waals surface area contributed by atoms with Gasteiger partial charge in [-0.2, -0.15) is 0 Å². The second-order valence-electron chi connectivity index (χ2n) is 5.19. The monoisotopic (exact) mass is 260 g/mol. The van der Waals surface area contributed by atoms with E-state index in [-0.39, 0.29) is 5.91 Å². The quantitative estimate of drug-likeness (QED) is 0.904. The molecule has 4 nitrogen and oxygen atoms in total. The van der Waals surface area contributed by atoms with Gasteiger partial charge in [0.15, 0.2) is 0 Å². The molecule has 1 fully saturated rings. The predicted molar refractivity (Wildman–Crippen MR) is 75.5 cm³/mol. The van der Waals surface area contributed by atoms with Crippen LogP contribution in [0.25, 0.3) is 0 Å². The fourth-order valence-electron chi connectivity index (χ4n) is 2.85. The summed E-state index contributed by atoms with van der Waals surface area (Å²) in [5, 5.41) is 3.16. The highest BCUT2D eigenvalue weighted by molar-refractivity contribution is 6.02. The molecule has 1 atom stereocenters. The Morgan fingerprint density at radius 2 is 2.26 bits per heavy atom. The van der Waals surface area contributed by atoms with Gasteiger partial charge in [0.05, 0.1) is 24.0 Å². The van der Waals surface area contributed by atoms with E-state index in [2.05, 4.69) is 5.32 Å². The third kappa shape index (κ3) is 2.73. The van der Waals surface area contributed by atoms with Crippen LogP contribution in [0.3, 0.4) is 0 Å². The maximum absolute atomic E-state index is 12.0. The molecule has 1 amide bonds. The van der Waals surface area contributed by atoms with Crippen molar-refractivity contribution < 1.29 is 9.53 Å². The van der Waals surface area contributed by atoms with Crippen molar-refractivity contribution in [3.8, 4) is 0 Å². The number of amides is 1. The van der Waals surface area contributed by atoms with Gasteiger partial charge >= 0.3 is 0 Å². The zero-order chi connectivity index (χ0) is 13.1. The van der Waals surface area contributed by atoms with E-state index in [0.717, 1.165) is 37.4 Å². The molecule has 102 valence electrons. The summed E-state index contributed by atoms with van der Waals surface area (Å²) in [5.41, 5.74) is 2.06. The van der Waals surface area contributed by atoms with E-state index in [0.29, 0.717) is 12.6 Å². The molecular weight excluding hydrogens is 240 g/mol. The average molecular weight is 260 g/mol. The van der Waals surface area contributed by atoms with Crippen LogP contribution in [0.4, 0.5) is 11.4 Å². The molecule has 0 aromatic heterocycles. The summed E-state index contributed by atoms with van der Waals surface area (Å²) >= 11 is 0. The number of nitrogens with one attached hydrogen (secondary N) is 1. The van der Waals surface area contributed by atoms with Crippen LogP contribution in [0.2, 0.25) is 0 Å². The van der Waals surface area contributed by atoms with Crippen LogP contribution in [-0.4, -0.2) is 31.7 Å². The van der Waals surface area contributed by atoms with Gasteiger partial charge in [0.2, 0.25) is 5.91 Å². The lowest BCUT2D eigenvalue weighted by Gasteiger charge is -2.30. The van der Waals surface area contributed by atoms with E-state index in [1.807, 2.05) is 29.2 Å². The Morgan fingerprint density at radius 3 is 3.11 bits per heavy atom. The molecule has 1 N–H and O–H groups in total. The smallest absolute Gasteiger partial charge is 0.246 e. The first-order valence-corrected chi connectivity index (χ1v) is 7.09. The summed E-state index contributed by atoms with van der Waals surface area (Å²) < 4.78 is 5.62. The van der Waals surface area contributed by atoms with Gasteiger partial charge in [-0.1, -0.05) is 12.1 Å². The molecule has 1 saturated heterocycles. The summed E-state index contributed by atoms with van der Waals surface area (Å²) in [7, 11) is 0. The molecule has 0 spiro atoms. The van der Waals surface area contributed by atoms with E-state index in [9.17, 15) is 4.79 Å². The van der Waals surface area contributed by atoms with Gasteiger partial charge in [-0.05, 0) is 37.8 Å². The van der Waals surface area contributed by atoms with E-state index in [4.69, 9.17) is 4.74 Å². The first kappa shape index (κ1) is 12.5. The van der Waals surface area contributed by atoms with Crippen molar-refractivity contribution in [1.82, 2.24) is 0 Å². The van der Waals surface area contributed by atoms with Crippen molar-refractivity contribution in [3.63, 3.8) is 0 Å². The molecule has 2 heterocycles. The number of para-hydroxylation sites is 2. The van der Waals surface area contributed by atoms with Crippen molar-refractivity contribution in [3.05, 3.63) is 24.3 Å². The van der Waals surface area contributed by atoms with E-state index < -0.39 is 0 Å². The van der Waals surface area contributed by atoms with Gasteiger partial charge in [-0.15, -0.1) is 0 Å². The lowest BCUT2D eigenvalue weighted by atomic mass is 10.1. The summed E-state index contributed by atoms with van der Waals surface area (Å²) in [5.74, 6) is 0.158. The van der Waals surface area contributed by atoms with Gasteiger partial charge in [-0.3, -0.25) is 4.79 Å². The SMILES string of the molecule is O=C1CNc2ccccc2N1CCCC1CCCO1. The van der Waals surface area contributed by atoms with Crippen LogP contribution >= 0.6 is 0 Å². The molecule has 19 heavy (non-hydrogen) atoms. The summed E-state index contributed by atoms with van der Waals surface area (Å²) in [6.07, 6.45) is 4.82. The van der Waals surface area contributed by atoms with Crippen molar-refractivity contribution in [1.29, 1.82) is 0 Å². The van der Waals surface area contributed by atoms with Crippen LogP contribution < -0.4 is 10.2 Å². The Bertz CT molecular complexity index is 455. The maximum Gasteiger partial charge on any atom is 0.246 e. The Morgan fingerprint density at radius 1 is 1.37 bits per heavy atom. The number of anilines is 2. The van der Waals surface area contributed by atoms with Crippen LogP contribution in [0.1, 0.15) is 25.7 Å². The first-order valence-electron chi connectivity index (χ1n) is 7.09. The Balaban J connectivity index is 1.61. The van der Waals surface area contributed by atoms with Crippen LogP contribution in [-0.2, 0) is 9.53 Å². The topological polar surface area (TPSA) is 41.6 Å². The standard InChI is InChI=1S/C15H20N2O2/c18-15-11-16-13-7-1-2-8-14(13)17(15)9-3-5-12-6-4-10-19-12/h1-2,7-8,12,16H,3-6,9-11H2. The lowest BCUT2D eigenvalue weighted by molar-refractivity contribution is -0.117. The summed E-state index contributed by atoms with van der Waals surface area (Å²) in [4.78, 5) is 13.9. The van der Waals surface area contributed by atoms with Crippen molar-refractivity contribution in [2.75, 3.05) is 29.9 Å². The molecule has 1 aromatic carbocycles. The molecule has 0 aliphatic carbocycles. The van der Waals surface area contributed by atoms with Crippen molar-refractivity contribution in [2.45, 2.75) is 31.8 Å². The number of hydrogen-bond donors (Lipinski definition) is 1. The minimum atomic E-state index is 0.158. The second-order valence-corrected chi connectivity index (χ2v) is 5.19. The number of fused-ring (bicyclic) bond motifs is 1. The van der Waals surface area contributed by atoms with Crippen LogP contribution in [0, 0.1) is 0 Å². The molecule has 2 aliphatic heterocycles. The summed E-state index contributed by atoms with van der Waals surface area (Å²) in [6.45, 7) is 2.09. The number of benzene rings is 1. The van der Waals surface area contributed by atoms with Crippen LogP contribution in [0.15, 0.2) is 24.3 Å². The fourth-order valence-corrected chi connectivity index (χ4v) is 2.85. The van der Waals surface area contributed by atoms with Crippen molar-refractivity contribution >= 4 is 17.3 Å². The van der Waals surface area contributed by atoms with E-state index in [1.165, 1.54) is 12.8 Å². The number of rotatable bonds is 4. The Hall–Kier alpha value is -1.55. The highest BCUT2D eigenvalue weighted by Crippen LogP contribution is 2.29. The second kappa shape index (κ2) is 5.61. The maximum atomic E-state index is 12.0. The van der Waals surface area contributed by atoms with Gasteiger partial charge in [0.1, 0.15) is 0 Å². The Kier molecular flexibility index (Phi) is 3.69. The highest BCUT2D eigenvalue weighted by Gasteiger charge is 2.23. The normalized spacial score (nSPS) is 22.2. The van der Waals surface area contributed by atoms with Gasteiger partial charge in [-0.25, -0.2) is 0 Å². The largest absolute Gasteiger partial charge is 0.378 e. The van der Waals surface area contributed by atoms with Crippen molar-refractivity contribution in [2.24, 2.45) is 0 Å². The lowest BCUT2D eigenvalue weighted by Crippen LogP contribution is -2.40. The Labute approximate surface area is 113 Å². The zero-order valence-corrected chi connectivity index (χ0v) is 11.1. The molecule has 0 radical (unpaired) electrons. The number of hydrogen-bond acceptors (Lipinski definition) is 3. The summed E-state index contributed by atoms with van der Waals surface area (Å²) in [6, 6.07) is 8.00. The predicted octanol–water partition coefficient (Wildman–Crippen LogP) is 2.40. The average Bonchev–Trinajstić information content (AvgIpc) is 2.94. The minimum Gasteiger partial charge on any atom is -0.378 e. The molecule has 0 bridgehead atoms. The van der Waals surface area contributed by atoms with E-state index in [1.54, 1.807) is 0 Å². The molecule has 1 aromatic rings. The van der Waals surface area contributed by atoms with Gasteiger partial charge < -0.3 is 15.0 Å². The number of carbonyl (C=O) groups excluding carboxylic acids is 1. The van der Waals surface area contributed by atoms with Gasteiger partial charge in [0.25, 0.3) is 0 Å². The molecule has 2 aliphatic rings. The highest BCUT2D eigenvalue weighted by atomic mass is 16.5. The number of nitrogens with zero attached hydrogens (tertiary/aromatic N) is 1. The zero-order valence-electron chi connectivity index (χ0n) is 11.1. The number of ether oxygens (including phenoxy) is 1. The third-order valence-electron chi connectivity index (χ3n) is 3.86. The molecule has 0 saturated carbocycles. The molecular formula is C15H20N2O2. The van der Waals surface area contributed by atoms with E-state index >= 15 is 0 Å². The molecule has 3 rings (SSSR count). The number of carbonyl (C=O) groups is 1. The minimum absolute atomic E-state index is 0.158. The fraction of sp³-hybridized carbons (Fsp3) is 0.533. The third-order valence-corrected chi connectivity index (χ3v) is 3.86. The van der Waals surface area contributed by atoms with Gasteiger partial charge in [0, 0.05) is 13.2 Å². The van der Waals surface area contributed by atoms with Crippen LogP contribution in [0.5, 0.6) is 0 Å². The molecule has 4 heteroatoms. The first-order chi connectivity index (χ1) is 9.34. The molecule has 1 unspecified atom stereocenters.